The van der Waals surface area contributed by atoms with Crippen molar-refractivity contribution in [3.8, 4) is 12.3 Å². The number of hydrogen-bond donors (Lipinski definition) is 2. The summed E-state index contributed by atoms with van der Waals surface area (Å²) in [6.07, 6.45) is 6.55. The van der Waals surface area contributed by atoms with Crippen molar-refractivity contribution in [1.82, 2.24) is 4.72 Å². The summed E-state index contributed by atoms with van der Waals surface area (Å²) in [5.41, 5.74) is 0. The molecule has 0 aromatic carbocycles. The summed E-state index contributed by atoms with van der Waals surface area (Å²) in [4.78, 5) is 0. The second-order valence-electron chi connectivity index (χ2n) is 2.67. The molecular formula is C8H15NO3S. The Balaban J connectivity index is 4.16. The number of aliphatic hydroxyl groups is 1. The molecule has 1 atom stereocenters. The molecule has 2 N–H and O–H groups in total. The van der Waals surface area contributed by atoms with Crippen LogP contribution in [0.5, 0.6) is 0 Å². The van der Waals surface area contributed by atoms with Gasteiger partial charge in [0.2, 0.25) is 10.0 Å². The Labute approximate surface area is 79.4 Å². The molecule has 0 aliphatic heterocycles. The maximum Gasteiger partial charge on any atom is 0.214 e. The highest BCUT2D eigenvalue weighted by atomic mass is 32.2. The molecule has 0 spiro atoms. The predicted molar refractivity (Wildman–Crippen MR) is 51.5 cm³/mol. The van der Waals surface area contributed by atoms with Crippen LogP contribution < -0.4 is 4.72 Å². The summed E-state index contributed by atoms with van der Waals surface area (Å²) in [6, 6.07) is -0.457. The highest BCUT2D eigenvalue weighted by molar-refractivity contribution is 7.89. The number of sulfonamides is 1. The second-order valence-corrected chi connectivity index (χ2v) is 4.54. The first-order valence-electron chi connectivity index (χ1n) is 4.12. The van der Waals surface area contributed by atoms with E-state index in [1.807, 2.05) is 6.92 Å². The summed E-state index contributed by atoms with van der Waals surface area (Å²) >= 11 is 0. The zero-order chi connectivity index (χ0) is 10.3. The Morgan fingerprint density at radius 3 is 2.62 bits per heavy atom. The van der Waals surface area contributed by atoms with Crippen LogP contribution in [-0.4, -0.2) is 31.9 Å². The van der Waals surface area contributed by atoms with E-state index in [4.69, 9.17) is 11.5 Å². The summed E-state index contributed by atoms with van der Waals surface area (Å²) < 4.78 is 24.5. The quantitative estimate of drug-likeness (QED) is 0.585. The van der Waals surface area contributed by atoms with Crippen LogP contribution in [0.4, 0.5) is 0 Å². The van der Waals surface area contributed by atoms with E-state index in [0.29, 0.717) is 6.42 Å². The molecule has 4 nitrogen and oxygen atoms in total. The maximum absolute atomic E-state index is 11.1. The van der Waals surface area contributed by atoms with E-state index >= 15 is 0 Å². The average Bonchev–Trinajstić information content (AvgIpc) is 2.03. The Morgan fingerprint density at radius 2 is 2.23 bits per heavy atom. The molecule has 0 saturated heterocycles. The normalized spacial score (nSPS) is 13.6. The summed E-state index contributed by atoms with van der Waals surface area (Å²) in [6.45, 7) is 1.53. The molecule has 0 bridgehead atoms. The molecular weight excluding hydrogens is 190 g/mol. The first-order chi connectivity index (χ1) is 6.05. The molecule has 76 valence electrons. The van der Waals surface area contributed by atoms with Crippen molar-refractivity contribution >= 4 is 10.0 Å². The number of hydrogen-bond acceptors (Lipinski definition) is 3. The third-order valence-electron chi connectivity index (χ3n) is 1.46. The molecule has 0 fully saturated rings. The van der Waals surface area contributed by atoms with E-state index in [1.54, 1.807) is 0 Å². The topological polar surface area (TPSA) is 66.4 Å². The van der Waals surface area contributed by atoms with Gasteiger partial charge in [-0.3, -0.25) is 0 Å². The Morgan fingerprint density at radius 1 is 1.62 bits per heavy atom. The van der Waals surface area contributed by atoms with Gasteiger partial charge in [-0.1, -0.05) is 19.3 Å². The van der Waals surface area contributed by atoms with Gasteiger partial charge in [0, 0.05) is 0 Å². The van der Waals surface area contributed by atoms with Gasteiger partial charge >= 0.3 is 0 Å². The minimum absolute atomic E-state index is 0.297. The highest BCUT2D eigenvalue weighted by Crippen LogP contribution is 1.97. The van der Waals surface area contributed by atoms with Crippen molar-refractivity contribution in [1.29, 1.82) is 0 Å². The van der Waals surface area contributed by atoms with Crippen LogP contribution >= 0.6 is 0 Å². The molecule has 13 heavy (non-hydrogen) atoms. The van der Waals surface area contributed by atoms with Crippen LogP contribution in [0.25, 0.3) is 0 Å². The molecule has 0 aromatic heterocycles. The van der Waals surface area contributed by atoms with Gasteiger partial charge in [-0.15, -0.1) is 6.42 Å². The number of terminal acetylenes is 1. The lowest BCUT2D eigenvalue weighted by molar-refractivity contribution is 0.319. The smallest absolute Gasteiger partial charge is 0.214 e. The predicted octanol–water partition coefficient (Wildman–Crippen LogP) is -0.300. The van der Waals surface area contributed by atoms with Gasteiger partial charge in [0.15, 0.2) is 0 Å². The number of rotatable bonds is 6. The zero-order valence-corrected chi connectivity index (χ0v) is 8.47. The van der Waals surface area contributed by atoms with Crippen LogP contribution in [0, 0.1) is 12.3 Å². The molecule has 0 radical (unpaired) electrons. The lowest BCUT2D eigenvalue weighted by atomic mass is 10.2. The largest absolute Gasteiger partial charge is 0.395 e. The summed E-state index contributed by atoms with van der Waals surface area (Å²) in [5.74, 6) is 2.05. The third-order valence-corrected chi connectivity index (χ3v) is 2.82. The van der Waals surface area contributed by atoms with Crippen molar-refractivity contribution in [3.63, 3.8) is 0 Å². The first-order valence-corrected chi connectivity index (χ1v) is 5.78. The standard InChI is InChI=1S/C8H15NO3S/c1-3-5-8(4-2)9-13(11,12)7-6-10/h2,8-10H,3,5-7H2,1H3. The number of aliphatic hydroxyl groups excluding tert-OH is 1. The van der Waals surface area contributed by atoms with E-state index in [1.165, 1.54) is 0 Å². The third kappa shape index (κ3) is 5.64. The molecule has 0 aromatic rings. The van der Waals surface area contributed by atoms with E-state index in [0.717, 1.165) is 6.42 Å². The van der Waals surface area contributed by atoms with Gasteiger partial charge in [-0.05, 0) is 6.42 Å². The average molecular weight is 205 g/mol. The first kappa shape index (κ1) is 12.4. The van der Waals surface area contributed by atoms with Crippen LogP contribution in [0.15, 0.2) is 0 Å². The number of nitrogens with one attached hydrogen (secondary N) is 1. The van der Waals surface area contributed by atoms with Crippen LogP contribution in [0.3, 0.4) is 0 Å². The van der Waals surface area contributed by atoms with E-state index in [2.05, 4.69) is 10.6 Å². The Hall–Kier alpha value is -0.570. The fourth-order valence-electron chi connectivity index (χ4n) is 0.861. The lowest BCUT2D eigenvalue weighted by Gasteiger charge is -2.11. The zero-order valence-electron chi connectivity index (χ0n) is 7.66. The van der Waals surface area contributed by atoms with Crippen LogP contribution in [0.2, 0.25) is 0 Å². The van der Waals surface area contributed by atoms with Crippen molar-refractivity contribution < 1.29 is 13.5 Å². The maximum atomic E-state index is 11.1. The molecule has 0 aliphatic rings. The fourth-order valence-corrected chi connectivity index (χ4v) is 1.84. The van der Waals surface area contributed by atoms with Gasteiger partial charge in [-0.2, -0.15) is 0 Å². The minimum atomic E-state index is -3.41. The molecule has 0 aliphatic carbocycles. The van der Waals surface area contributed by atoms with Crippen LogP contribution in [-0.2, 0) is 10.0 Å². The molecule has 0 saturated carbocycles. The lowest BCUT2D eigenvalue weighted by Crippen LogP contribution is -2.36. The van der Waals surface area contributed by atoms with Crippen molar-refractivity contribution in [2.24, 2.45) is 0 Å². The van der Waals surface area contributed by atoms with Crippen molar-refractivity contribution in [3.05, 3.63) is 0 Å². The van der Waals surface area contributed by atoms with E-state index in [-0.39, 0.29) is 5.75 Å². The molecule has 0 heterocycles. The summed E-state index contributed by atoms with van der Waals surface area (Å²) in [5, 5.41) is 8.45. The van der Waals surface area contributed by atoms with Gasteiger partial charge in [-0.25, -0.2) is 13.1 Å². The summed E-state index contributed by atoms with van der Waals surface area (Å²) in [7, 11) is -3.41. The fraction of sp³-hybridized carbons (Fsp3) is 0.750. The van der Waals surface area contributed by atoms with Gasteiger partial charge in [0.05, 0.1) is 18.4 Å². The second kappa shape index (κ2) is 5.97. The monoisotopic (exact) mass is 205 g/mol. The van der Waals surface area contributed by atoms with Gasteiger partial charge in [0.25, 0.3) is 0 Å². The van der Waals surface area contributed by atoms with E-state index < -0.39 is 22.7 Å². The molecule has 0 rings (SSSR count). The molecule has 5 heteroatoms. The van der Waals surface area contributed by atoms with Gasteiger partial charge < -0.3 is 5.11 Å². The van der Waals surface area contributed by atoms with Crippen molar-refractivity contribution in [2.45, 2.75) is 25.8 Å². The Kier molecular flexibility index (Phi) is 5.71. The highest BCUT2D eigenvalue weighted by Gasteiger charge is 2.14. The molecule has 0 amide bonds. The Bertz CT molecular complexity index is 266. The SMILES string of the molecule is C#CC(CCC)NS(=O)(=O)CCO. The van der Waals surface area contributed by atoms with Crippen LogP contribution in [0.1, 0.15) is 19.8 Å². The van der Waals surface area contributed by atoms with Crippen molar-refractivity contribution in [2.75, 3.05) is 12.4 Å². The van der Waals surface area contributed by atoms with Gasteiger partial charge in [0.1, 0.15) is 0 Å². The van der Waals surface area contributed by atoms with E-state index in [9.17, 15) is 8.42 Å². The minimum Gasteiger partial charge on any atom is -0.395 e. The molecule has 1 unspecified atom stereocenters.